The zero-order valence-corrected chi connectivity index (χ0v) is 12.6. The molecule has 0 aromatic heterocycles. The van der Waals surface area contributed by atoms with Crippen molar-refractivity contribution in [2.45, 2.75) is 24.9 Å². The third-order valence-corrected chi connectivity index (χ3v) is 5.26. The van der Waals surface area contributed by atoms with Crippen molar-refractivity contribution < 1.29 is 9.13 Å². The maximum Gasteiger partial charge on any atom is 0.147 e. The number of halogens is 1. The summed E-state index contributed by atoms with van der Waals surface area (Å²) in [6, 6.07) is 7.06. The molecule has 0 amide bonds. The van der Waals surface area contributed by atoms with Gasteiger partial charge in [-0.15, -0.1) is 0 Å². The molecule has 0 N–H and O–H groups in total. The van der Waals surface area contributed by atoms with Crippen LogP contribution in [0.3, 0.4) is 0 Å². The Morgan fingerprint density at radius 1 is 1.33 bits per heavy atom. The molecule has 1 aliphatic carbocycles. The fraction of sp³-hybridized carbons (Fsp3) is 0.588. The van der Waals surface area contributed by atoms with Gasteiger partial charge in [-0.25, -0.2) is 4.39 Å². The summed E-state index contributed by atoms with van der Waals surface area (Å²) in [4.78, 5) is 2.32. The lowest BCUT2D eigenvalue weighted by atomic mass is 9.62. The van der Waals surface area contributed by atoms with E-state index < -0.39 is 11.4 Å². The van der Waals surface area contributed by atoms with E-state index in [0.29, 0.717) is 5.56 Å². The second kappa shape index (κ2) is 5.40. The average Bonchev–Trinajstić information content (AvgIpc) is 2.47. The molecule has 0 spiro atoms. The van der Waals surface area contributed by atoms with Gasteiger partial charge in [0.05, 0.1) is 5.56 Å². The van der Waals surface area contributed by atoms with Gasteiger partial charge in [0.25, 0.3) is 0 Å². The van der Waals surface area contributed by atoms with E-state index in [1.165, 1.54) is 12.5 Å². The van der Waals surface area contributed by atoms with Crippen LogP contribution in [0, 0.1) is 29.0 Å². The van der Waals surface area contributed by atoms with Crippen molar-refractivity contribution in [1.29, 1.82) is 5.26 Å². The van der Waals surface area contributed by atoms with E-state index in [1.807, 2.05) is 6.07 Å². The molecule has 3 nitrogen and oxygen atoms in total. The number of nitrogens with zero attached hydrogens (tertiary/aromatic N) is 2. The zero-order chi connectivity index (χ0) is 15.0. The van der Waals surface area contributed by atoms with Gasteiger partial charge in [-0.1, -0.05) is 18.6 Å². The van der Waals surface area contributed by atoms with Crippen molar-refractivity contribution in [1.82, 2.24) is 4.90 Å². The topological polar surface area (TPSA) is 36.3 Å². The second-order valence-electron chi connectivity index (χ2n) is 6.32. The third kappa shape index (κ3) is 2.07. The minimum Gasteiger partial charge on any atom is -0.373 e. The van der Waals surface area contributed by atoms with Gasteiger partial charge in [0, 0.05) is 37.6 Å². The van der Waals surface area contributed by atoms with Gasteiger partial charge in [-0.2, -0.15) is 5.26 Å². The van der Waals surface area contributed by atoms with E-state index in [9.17, 15) is 4.39 Å². The van der Waals surface area contributed by atoms with Crippen LogP contribution >= 0.6 is 0 Å². The largest absolute Gasteiger partial charge is 0.373 e. The SMILES string of the molecule is CO[C@@]1(c2cccc(C#N)c2F)[C@@H]2CCC[C@H]1CN(C)C2. The highest BCUT2D eigenvalue weighted by atomic mass is 19.1. The smallest absolute Gasteiger partial charge is 0.147 e. The standard InChI is InChI=1S/C17H21FN2O/c1-20-10-13-6-4-7-14(11-20)17(13,21-2)15-8-3-5-12(9-19)16(15)18/h3,5,8,13-14H,4,6-7,10-11H2,1-2H3/t13-,14+,17+. The summed E-state index contributed by atoms with van der Waals surface area (Å²) in [6.07, 6.45) is 3.27. The number of hydrogen-bond acceptors (Lipinski definition) is 3. The number of likely N-dealkylation sites (tertiary alicyclic amines) is 1. The molecule has 3 rings (SSSR count). The first-order chi connectivity index (χ1) is 10.1. The molecule has 0 unspecified atom stereocenters. The molecular formula is C17H21FN2O. The molecule has 112 valence electrons. The van der Waals surface area contributed by atoms with Gasteiger partial charge in [0.2, 0.25) is 0 Å². The van der Waals surface area contributed by atoms with Crippen LogP contribution in [-0.4, -0.2) is 32.1 Å². The molecule has 3 atom stereocenters. The van der Waals surface area contributed by atoms with Crippen LogP contribution in [0.4, 0.5) is 4.39 Å². The zero-order valence-electron chi connectivity index (χ0n) is 12.6. The summed E-state index contributed by atoms with van der Waals surface area (Å²) < 4.78 is 20.8. The molecule has 1 saturated heterocycles. The maximum atomic E-state index is 14.8. The number of ether oxygens (including phenoxy) is 1. The molecular weight excluding hydrogens is 267 g/mol. The Bertz CT molecular complexity index is 567. The van der Waals surface area contributed by atoms with E-state index >= 15 is 0 Å². The second-order valence-corrected chi connectivity index (χ2v) is 6.32. The van der Waals surface area contributed by atoms with Crippen molar-refractivity contribution in [3.8, 4) is 6.07 Å². The summed E-state index contributed by atoms with van der Waals surface area (Å²) in [5.74, 6) is 0.162. The van der Waals surface area contributed by atoms with Gasteiger partial charge < -0.3 is 9.64 Å². The highest BCUT2D eigenvalue weighted by molar-refractivity contribution is 5.39. The van der Waals surface area contributed by atoms with Crippen LogP contribution < -0.4 is 0 Å². The van der Waals surface area contributed by atoms with Crippen molar-refractivity contribution in [3.05, 3.63) is 35.1 Å². The number of hydrogen-bond donors (Lipinski definition) is 0. The molecule has 2 bridgehead atoms. The van der Waals surface area contributed by atoms with Crippen LogP contribution in [-0.2, 0) is 10.3 Å². The van der Waals surface area contributed by atoms with Crippen molar-refractivity contribution in [3.63, 3.8) is 0 Å². The normalized spacial score (nSPS) is 32.7. The first-order valence-corrected chi connectivity index (χ1v) is 7.56. The van der Waals surface area contributed by atoms with Crippen LogP contribution in [0.1, 0.15) is 30.4 Å². The lowest BCUT2D eigenvalue weighted by Gasteiger charge is -2.54. The van der Waals surface area contributed by atoms with Gasteiger partial charge in [0.15, 0.2) is 0 Å². The van der Waals surface area contributed by atoms with Crippen molar-refractivity contribution in [2.24, 2.45) is 11.8 Å². The van der Waals surface area contributed by atoms with Crippen LogP contribution in [0.15, 0.2) is 18.2 Å². The molecule has 1 heterocycles. The van der Waals surface area contributed by atoms with E-state index in [4.69, 9.17) is 10.00 Å². The number of nitriles is 1. The number of fused-ring (bicyclic) bond motifs is 2. The Kier molecular flexibility index (Phi) is 3.73. The Morgan fingerprint density at radius 2 is 2.00 bits per heavy atom. The van der Waals surface area contributed by atoms with Gasteiger partial charge in [-0.05, 0) is 26.0 Å². The predicted molar refractivity (Wildman–Crippen MR) is 78.1 cm³/mol. The van der Waals surface area contributed by atoms with E-state index in [1.54, 1.807) is 19.2 Å². The van der Waals surface area contributed by atoms with Crippen molar-refractivity contribution in [2.75, 3.05) is 27.2 Å². The monoisotopic (exact) mass is 288 g/mol. The Balaban J connectivity index is 2.15. The molecule has 4 heteroatoms. The first-order valence-electron chi connectivity index (χ1n) is 7.56. The molecule has 1 aromatic carbocycles. The minimum atomic E-state index is -0.582. The summed E-state index contributed by atoms with van der Waals surface area (Å²) in [7, 11) is 3.81. The van der Waals surface area contributed by atoms with Crippen LogP contribution in [0.5, 0.6) is 0 Å². The molecule has 1 saturated carbocycles. The van der Waals surface area contributed by atoms with E-state index in [0.717, 1.165) is 25.9 Å². The highest BCUT2D eigenvalue weighted by Crippen LogP contribution is 2.51. The summed E-state index contributed by atoms with van der Waals surface area (Å²) >= 11 is 0. The summed E-state index contributed by atoms with van der Waals surface area (Å²) in [5, 5.41) is 9.10. The highest BCUT2D eigenvalue weighted by Gasteiger charge is 2.53. The fourth-order valence-electron chi connectivity index (χ4n) is 4.46. The van der Waals surface area contributed by atoms with Crippen LogP contribution in [0.25, 0.3) is 0 Å². The average molecular weight is 288 g/mol. The number of methoxy groups -OCH3 is 1. The Labute approximate surface area is 125 Å². The lowest BCUT2D eigenvalue weighted by Crippen LogP contribution is -2.58. The quantitative estimate of drug-likeness (QED) is 0.839. The molecule has 0 radical (unpaired) electrons. The molecule has 21 heavy (non-hydrogen) atoms. The summed E-state index contributed by atoms with van der Waals surface area (Å²) in [6.45, 7) is 1.83. The van der Waals surface area contributed by atoms with E-state index in [-0.39, 0.29) is 17.4 Å². The third-order valence-electron chi connectivity index (χ3n) is 5.26. The molecule has 1 aliphatic heterocycles. The summed E-state index contributed by atoms with van der Waals surface area (Å²) in [5.41, 5.74) is 0.106. The fourth-order valence-corrected chi connectivity index (χ4v) is 4.46. The number of benzene rings is 1. The molecule has 2 aliphatic rings. The Morgan fingerprint density at radius 3 is 2.57 bits per heavy atom. The Hall–Kier alpha value is -1.44. The van der Waals surface area contributed by atoms with E-state index in [2.05, 4.69) is 11.9 Å². The lowest BCUT2D eigenvalue weighted by molar-refractivity contribution is -0.167. The minimum absolute atomic E-state index is 0.112. The molecule has 1 aromatic rings. The van der Waals surface area contributed by atoms with Gasteiger partial charge in [-0.3, -0.25) is 0 Å². The van der Waals surface area contributed by atoms with Gasteiger partial charge in [0.1, 0.15) is 17.5 Å². The number of rotatable bonds is 2. The van der Waals surface area contributed by atoms with Gasteiger partial charge >= 0.3 is 0 Å². The van der Waals surface area contributed by atoms with Crippen LogP contribution in [0.2, 0.25) is 0 Å². The first kappa shape index (κ1) is 14.5. The maximum absolute atomic E-state index is 14.8. The molecule has 2 fully saturated rings. The number of piperidine rings is 1. The van der Waals surface area contributed by atoms with Crippen molar-refractivity contribution >= 4 is 0 Å². The predicted octanol–water partition coefficient (Wildman–Crippen LogP) is 2.90.